The molecule has 0 saturated carbocycles. The van der Waals surface area contributed by atoms with Gasteiger partial charge in [0.05, 0.1) is 11.8 Å². The Morgan fingerprint density at radius 2 is 2.45 bits per heavy atom. The second kappa shape index (κ2) is 2.39. The lowest BCUT2D eigenvalue weighted by atomic mass is 10.2. The Bertz CT molecular complexity index is 346. The Morgan fingerprint density at radius 3 is 3.27 bits per heavy atom. The third-order valence-electron chi connectivity index (χ3n) is 1.78. The van der Waals surface area contributed by atoms with Gasteiger partial charge >= 0.3 is 5.65 Å². The number of hydrogen-bond acceptors (Lipinski definition) is 1. The Balaban J connectivity index is 2.51. The fraction of sp³-hybridized carbons (Fsp3) is 0.286. The van der Waals surface area contributed by atoms with E-state index in [-0.39, 0.29) is 0 Å². The third kappa shape index (κ3) is 0.914. The molecule has 4 nitrogen and oxygen atoms in total. The zero-order chi connectivity index (χ0) is 7.68. The van der Waals surface area contributed by atoms with E-state index in [0.29, 0.717) is 6.54 Å². The average molecular weight is 151 g/mol. The number of nitrogens with one attached hydrogen (secondary N) is 2. The molecular formula is C7H11N4+. The number of rotatable bonds is 2. The number of aromatic nitrogens is 3. The van der Waals surface area contributed by atoms with Gasteiger partial charge in [0.15, 0.2) is 6.20 Å². The molecule has 0 bridgehead atoms. The highest BCUT2D eigenvalue weighted by Crippen LogP contribution is 2.01. The summed E-state index contributed by atoms with van der Waals surface area (Å²) < 4.78 is 1.94. The van der Waals surface area contributed by atoms with Crippen LogP contribution in [0.15, 0.2) is 18.6 Å². The predicted octanol–water partition coefficient (Wildman–Crippen LogP) is -0.417. The van der Waals surface area contributed by atoms with Gasteiger partial charge in [0, 0.05) is 0 Å². The molecule has 2 aromatic rings. The van der Waals surface area contributed by atoms with Crippen LogP contribution in [-0.4, -0.2) is 16.6 Å². The van der Waals surface area contributed by atoms with Crippen LogP contribution in [0.3, 0.4) is 0 Å². The monoisotopic (exact) mass is 151 g/mol. The molecular weight excluding hydrogens is 140 g/mol. The van der Waals surface area contributed by atoms with E-state index in [1.54, 1.807) is 0 Å². The molecule has 0 aromatic carbocycles. The normalized spacial score (nSPS) is 11.0. The Morgan fingerprint density at radius 1 is 1.55 bits per heavy atom. The van der Waals surface area contributed by atoms with E-state index in [9.17, 15) is 0 Å². The van der Waals surface area contributed by atoms with Crippen LogP contribution in [0.4, 0.5) is 0 Å². The van der Waals surface area contributed by atoms with Gasteiger partial charge in [-0.3, -0.25) is 0 Å². The van der Waals surface area contributed by atoms with E-state index < -0.39 is 0 Å². The van der Waals surface area contributed by atoms with Gasteiger partial charge in [-0.2, -0.15) is 0 Å². The van der Waals surface area contributed by atoms with Crippen molar-refractivity contribution in [2.45, 2.75) is 6.42 Å². The van der Waals surface area contributed by atoms with Crippen LogP contribution in [0.25, 0.3) is 5.65 Å². The van der Waals surface area contributed by atoms with Gasteiger partial charge in [-0.05, 0) is 13.0 Å². The SMILES string of the molecule is NCCc1c[nH][n+]2cc[nH]c12. The van der Waals surface area contributed by atoms with Gasteiger partial charge < -0.3 is 5.73 Å². The molecule has 4 heteroatoms. The molecule has 0 fully saturated rings. The summed E-state index contributed by atoms with van der Waals surface area (Å²) in [5, 5.41) is 3.08. The molecule has 2 heterocycles. The fourth-order valence-corrected chi connectivity index (χ4v) is 1.25. The van der Waals surface area contributed by atoms with E-state index in [0.717, 1.165) is 12.1 Å². The summed E-state index contributed by atoms with van der Waals surface area (Å²) in [6.45, 7) is 0.687. The molecule has 58 valence electrons. The standard InChI is InChI=1S/C7H10N4/c8-2-1-6-5-10-11-4-3-9-7(6)11/h3-5H,1-2,8H2,(H,9,10)/p+1. The van der Waals surface area contributed by atoms with Crippen molar-refractivity contribution in [3.05, 3.63) is 24.2 Å². The van der Waals surface area contributed by atoms with Crippen LogP contribution in [0.1, 0.15) is 5.56 Å². The number of fused-ring (bicyclic) bond motifs is 1. The maximum Gasteiger partial charge on any atom is 0.307 e. The minimum Gasteiger partial charge on any atom is -0.330 e. The number of aromatic amines is 2. The first-order valence-corrected chi connectivity index (χ1v) is 3.67. The van der Waals surface area contributed by atoms with Crippen molar-refractivity contribution in [2.24, 2.45) is 5.73 Å². The van der Waals surface area contributed by atoms with Gasteiger partial charge in [-0.1, -0.05) is 0 Å². The summed E-state index contributed by atoms with van der Waals surface area (Å²) >= 11 is 0. The van der Waals surface area contributed by atoms with Gasteiger partial charge in [-0.15, -0.1) is 4.52 Å². The highest BCUT2D eigenvalue weighted by atomic mass is 15.2. The molecule has 0 unspecified atom stereocenters. The van der Waals surface area contributed by atoms with Crippen molar-refractivity contribution in [3.8, 4) is 0 Å². The number of nitrogens with two attached hydrogens (primary N) is 1. The van der Waals surface area contributed by atoms with Crippen molar-refractivity contribution in [1.82, 2.24) is 10.1 Å². The first kappa shape index (κ1) is 6.42. The first-order chi connectivity index (χ1) is 5.42. The maximum absolute atomic E-state index is 5.44. The molecule has 0 spiro atoms. The lowest BCUT2D eigenvalue weighted by molar-refractivity contribution is -0.575. The summed E-state index contributed by atoms with van der Waals surface area (Å²) in [7, 11) is 0. The number of nitrogens with zero attached hydrogens (tertiary/aromatic N) is 1. The van der Waals surface area contributed by atoms with Crippen LogP contribution >= 0.6 is 0 Å². The lowest BCUT2D eigenvalue weighted by Gasteiger charge is -1.84. The van der Waals surface area contributed by atoms with E-state index >= 15 is 0 Å². The second-order valence-corrected chi connectivity index (χ2v) is 2.52. The molecule has 0 amide bonds. The average Bonchev–Trinajstić information content (AvgIpc) is 2.53. The summed E-state index contributed by atoms with van der Waals surface area (Å²) in [4.78, 5) is 3.13. The van der Waals surface area contributed by atoms with E-state index in [1.807, 2.05) is 23.1 Å². The van der Waals surface area contributed by atoms with Crippen molar-refractivity contribution < 1.29 is 4.52 Å². The molecule has 0 aliphatic rings. The molecule has 4 N–H and O–H groups in total. The van der Waals surface area contributed by atoms with Crippen molar-refractivity contribution in [2.75, 3.05) is 6.54 Å². The van der Waals surface area contributed by atoms with Gasteiger partial charge in [0.2, 0.25) is 0 Å². The van der Waals surface area contributed by atoms with E-state index in [1.165, 1.54) is 5.56 Å². The summed E-state index contributed by atoms with van der Waals surface area (Å²) in [6.07, 6.45) is 6.72. The van der Waals surface area contributed by atoms with Crippen molar-refractivity contribution in [1.29, 1.82) is 0 Å². The molecule has 2 rings (SSSR count). The van der Waals surface area contributed by atoms with Gasteiger partial charge in [-0.25, -0.2) is 10.1 Å². The molecule has 0 aliphatic carbocycles. The smallest absolute Gasteiger partial charge is 0.307 e. The molecule has 0 radical (unpaired) electrons. The zero-order valence-corrected chi connectivity index (χ0v) is 6.17. The Hall–Kier alpha value is -1.29. The molecule has 0 atom stereocenters. The summed E-state index contributed by atoms with van der Waals surface area (Å²) in [6, 6.07) is 0. The Kier molecular flexibility index (Phi) is 1.40. The van der Waals surface area contributed by atoms with Crippen LogP contribution in [0.2, 0.25) is 0 Å². The van der Waals surface area contributed by atoms with Crippen LogP contribution in [-0.2, 0) is 6.42 Å². The predicted molar refractivity (Wildman–Crippen MR) is 41.1 cm³/mol. The zero-order valence-electron chi connectivity index (χ0n) is 6.17. The van der Waals surface area contributed by atoms with Crippen molar-refractivity contribution >= 4 is 5.65 Å². The highest BCUT2D eigenvalue weighted by Gasteiger charge is 2.08. The highest BCUT2D eigenvalue weighted by molar-refractivity contribution is 5.38. The minimum absolute atomic E-state index is 0.687. The molecule has 0 aliphatic heterocycles. The summed E-state index contributed by atoms with van der Waals surface area (Å²) in [5.41, 5.74) is 7.78. The Labute approximate surface area is 64.0 Å². The van der Waals surface area contributed by atoms with Gasteiger partial charge in [0.1, 0.15) is 6.20 Å². The van der Waals surface area contributed by atoms with Crippen molar-refractivity contribution in [3.63, 3.8) is 0 Å². The molecule has 0 saturated heterocycles. The van der Waals surface area contributed by atoms with E-state index in [4.69, 9.17) is 5.73 Å². The number of hydrogen-bond donors (Lipinski definition) is 3. The number of H-pyrrole nitrogens is 2. The van der Waals surface area contributed by atoms with E-state index in [2.05, 4.69) is 10.1 Å². The molecule has 11 heavy (non-hydrogen) atoms. The van der Waals surface area contributed by atoms with Crippen LogP contribution in [0.5, 0.6) is 0 Å². The third-order valence-corrected chi connectivity index (χ3v) is 1.78. The van der Waals surface area contributed by atoms with Gasteiger partial charge in [0.25, 0.3) is 0 Å². The quantitative estimate of drug-likeness (QED) is 0.502. The second-order valence-electron chi connectivity index (χ2n) is 2.52. The first-order valence-electron chi connectivity index (χ1n) is 3.67. The molecule has 2 aromatic heterocycles. The fourth-order valence-electron chi connectivity index (χ4n) is 1.25. The lowest BCUT2D eigenvalue weighted by Crippen LogP contribution is -2.18. The summed E-state index contributed by atoms with van der Waals surface area (Å²) in [5.74, 6) is 0. The topological polar surface area (TPSA) is 61.7 Å². The maximum atomic E-state index is 5.44. The van der Waals surface area contributed by atoms with Crippen LogP contribution < -0.4 is 10.2 Å². The minimum atomic E-state index is 0.687. The largest absolute Gasteiger partial charge is 0.330 e. The van der Waals surface area contributed by atoms with Crippen LogP contribution in [0, 0.1) is 0 Å². The number of imidazole rings is 1.